The Morgan fingerprint density at radius 3 is 2.41 bits per heavy atom. The molecule has 17 heavy (non-hydrogen) atoms. The molecule has 1 aliphatic heterocycles. The molecule has 0 fully saturated rings. The number of nitrogens with one attached hydrogen (secondary N) is 1. The van der Waals surface area contributed by atoms with Crippen molar-refractivity contribution in [1.29, 1.82) is 0 Å². The minimum Gasteiger partial charge on any atom is -0.359 e. The van der Waals surface area contributed by atoms with E-state index in [1.807, 2.05) is 6.92 Å². The first-order valence-corrected chi connectivity index (χ1v) is 6.16. The third kappa shape index (κ3) is 2.12. The maximum absolute atomic E-state index is 4.54. The summed E-state index contributed by atoms with van der Waals surface area (Å²) in [6.07, 6.45) is 5.36. The third-order valence-corrected chi connectivity index (χ3v) is 3.39. The highest BCUT2D eigenvalue weighted by Gasteiger charge is 2.11. The minimum atomic E-state index is 1.08. The number of nitrogens with zero attached hydrogens (tertiary/aromatic N) is 1. The zero-order valence-electron chi connectivity index (χ0n) is 11.3. The summed E-state index contributed by atoms with van der Waals surface area (Å²) in [6, 6.07) is 0. The highest BCUT2D eigenvalue weighted by molar-refractivity contribution is 5.98. The van der Waals surface area contributed by atoms with Crippen LogP contribution >= 0.6 is 0 Å². The number of aromatic nitrogens is 1. The molecular weight excluding hydrogens is 208 g/mol. The van der Waals surface area contributed by atoms with Gasteiger partial charge in [-0.3, -0.25) is 4.99 Å². The lowest BCUT2D eigenvalue weighted by Gasteiger charge is -1.98. The molecule has 1 aromatic rings. The van der Waals surface area contributed by atoms with E-state index in [0.717, 1.165) is 17.8 Å². The van der Waals surface area contributed by atoms with Crippen LogP contribution in [-0.4, -0.2) is 10.7 Å². The summed E-state index contributed by atoms with van der Waals surface area (Å²) in [5.74, 6) is 0. The molecule has 2 nitrogen and oxygen atoms in total. The Morgan fingerprint density at radius 2 is 1.94 bits per heavy atom. The topological polar surface area (TPSA) is 28.1 Å². The lowest BCUT2D eigenvalue weighted by molar-refractivity contribution is 1.08. The SMILES string of the molecule is CCc1c(C)[nH]c(C=C2N=C(C)C=C2C)c1C. The van der Waals surface area contributed by atoms with Crippen molar-refractivity contribution >= 4 is 11.8 Å². The number of hydrogen-bond donors (Lipinski definition) is 1. The van der Waals surface area contributed by atoms with Crippen LogP contribution in [0.15, 0.2) is 22.3 Å². The quantitative estimate of drug-likeness (QED) is 0.793. The largest absolute Gasteiger partial charge is 0.359 e. The van der Waals surface area contributed by atoms with Crippen molar-refractivity contribution in [3.05, 3.63) is 39.9 Å². The summed E-state index contributed by atoms with van der Waals surface area (Å²) in [6.45, 7) is 10.7. The first kappa shape index (κ1) is 11.9. The van der Waals surface area contributed by atoms with E-state index in [4.69, 9.17) is 0 Å². The molecule has 0 aliphatic carbocycles. The van der Waals surface area contributed by atoms with Crippen molar-refractivity contribution in [2.24, 2.45) is 4.99 Å². The van der Waals surface area contributed by atoms with Gasteiger partial charge in [-0.25, -0.2) is 0 Å². The minimum absolute atomic E-state index is 1.08. The molecule has 0 radical (unpaired) electrons. The van der Waals surface area contributed by atoms with Crippen LogP contribution in [0.1, 0.15) is 43.3 Å². The number of aliphatic imine (C=N–C) groups is 1. The summed E-state index contributed by atoms with van der Waals surface area (Å²) in [5, 5.41) is 0. The predicted molar refractivity (Wildman–Crippen MR) is 74.5 cm³/mol. The molecule has 90 valence electrons. The lowest BCUT2D eigenvalue weighted by atomic mass is 10.1. The average Bonchev–Trinajstić information content (AvgIpc) is 2.69. The van der Waals surface area contributed by atoms with Crippen LogP contribution in [0.25, 0.3) is 6.08 Å². The molecule has 0 bridgehead atoms. The second kappa shape index (κ2) is 4.36. The molecule has 1 N–H and O–H groups in total. The smallest absolute Gasteiger partial charge is 0.0683 e. The zero-order chi connectivity index (χ0) is 12.6. The fourth-order valence-corrected chi connectivity index (χ4v) is 2.47. The molecule has 1 aliphatic rings. The summed E-state index contributed by atoms with van der Waals surface area (Å²) in [7, 11) is 0. The van der Waals surface area contributed by atoms with Gasteiger partial charge in [-0.1, -0.05) is 6.92 Å². The predicted octanol–water partition coefficient (Wildman–Crippen LogP) is 3.96. The van der Waals surface area contributed by atoms with E-state index in [0.29, 0.717) is 0 Å². The van der Waals surface area contributed by atoms with Gasteiger partial charge in [-0.15, -0.1) is 0 Å². The van der Waals surface area contributed by atoms with Gasteiger partial charge in [0.25, 0.3) is 0 Å². The molecule has 2 heterocycles. The Kier molecular flexibility index (Phi) is 3.05. The van der Waals surface area contributed by atoms with E-state index in [1.54, 1.807) is 0 Å². The summed E-state index contributed by atoms with van der Waals surface area (Å²) >= 11 is 0. The van der Waals surface area contributed by atoms with Crippen LogP contribution in [0.4, 0.5) is 0 Å². The van der Waals surface area contributed by atoms with Crippen LogP contribution in [0, 0.1) is 13.8 Å². The van der Waals surface area contributed by atoms with Gasteiger partial charge < -0.3 is 4.98 Å². The summed E-state index contributed by atoms with van der Waals surface area (Å²) < 4.78 is 0. The van der Waals surface area contributed by atoms with E-state index >= 15 is 0 Å². The highest BCUT2D eigenvalue weighted by Crippen LogP contribution is 2.25. The van der Waals surface area contributed by atoms with Crippen molar-refractivity contribution < 1.29 is 0 Å². The van der Waals surface area contributed by atoms with Crippen LogP contribution in [0.5, 0.6) is 0 Å². The maximum Gasteiger partial charge on any atom is 0.0683 e. The number of rotatable bonds is 2. The second-order valence-corrected chi connectivity index (χ2v) is 4.73. The number of allylic oxidation sites excluding steroid dienone is 2. The molecule has 0 aromatic carbocycles. The molecule has 2 rings (SSSR count). The van der Waals surface area contributed by atoms with Gasteiger partial charge >= 0.3 is 0 Å². The second-order valence-electron chi connectivity index (χ2n) is 4.73. The first-order chi connectivity index (χ1) is 8.02. The Hall–Kier alpha value is -1.57. The van der Waals surface area contributed by atoms with Crippen LogP contribution in [-0.2, 0) is 6.42 Å². The lowest BCUT2D eigenvalue weighted by Crippen LogP contribution is -1.84. The van der Waals surface area contributed by atoms with Gasteiger partial charge in [0.2, 0.25) is 0 Å². The Labute approximate surface area is 103 Å². The van der Waals surface area contributed by atoms with Crippen LogP contribution < -0.4 is 0 Å². The van der Waals surface area contributed by atoms with E-state index in [2.05, 4.69) is 49.8 Å². The molecule has 0 saturated carbocycles. The molecule has 2 heteroatoms. The first-order valence-electron chi connectivity index (χ1n) is 6.16. The molecular formula is C15H20N2. The van der Waals surface area contributed by atoms with Gasteiger partial charge in [0.1, 0.15) is 0 Å². The van der Waals surface area contributed by atoms with E-state index < -0.39 is 0 Å². The summed E-state index contributed by atoms with van der Waals surface area (Å²) in [5.41, 5.74) is 8.66. The number of H-pyrrole nitrogens is 1. The molecule has 0 spiro atoms. The van der Waals surface area contributed by atoms with Crippen LogP contribution in [0.3, 0.4) is 0 Å². The average molecular weight is 228 g/mol. The highest BCUT2D eigenvalue weighted by atomic mass is 14.8. The van der Waals surface area contributed by atoms with Crippen molar-refractivity contribution in [2.45, 2.75) is 41.0 Å². The molecule has 0 saturated heterocycles. The van der Waals surface area contributed by atoms with Gasteiger partial charge in [0.05, 0.1) is 5.70 Å². The zero-order valence-corrected chi connectivity index (χ0v) is 11.3. The maximum atomic E-state index is 4.54. The van der Waals surface area contributed by atoms with Crippen molar-refractivity contribution in [1.82, 2.24) is 4.98 Å². The fraction of sp³-hybridized carbons (Fsp3) is 0.400. The van der Waals surface area contributed by atoms with E-state index in [1.165, 1.54) is 28.1 Å². The van der Waals surface area contributed by atoms with Gasteiger partial charge in [-0.2, -0.15) is 0 Å². The third-order valence-electron chi connectivity index (χ3n) is 3.39. The normalized spacial score (nSPS) is 17.6. The molecule has 0 amide bonds. The number of hydrogen-bond acceptors (Lipinski definition) is 1. The van der Waals surface area contributed by atoms with Gasteiger partial charge in [-0.05, 0) is 63.0 Å². The van der Waals surface area contributed by atoms with Crippen LogP contribution in [0.2, 0.25) is 0 Å². The van der Waals surface area contributed by atoms with Gasteiger partial charge in [0, 0.05) is 17.1 Å². The molecule has 0 unspecified atom stereocenters. The van der Waals surface area contributed by atoms with E-state index in [-0.39, 0.29) is 0 Å². The Morgan fingerprint density at radius 1 is 1.24 bits per heavy atom. The monoisotopic (exact) mass is 228 g/mol. The van der Waals surface area contributed by atoms with E-state index in [9.17, 15) is 0 Å². The van der Waals surface area contributed by atoms with Gasteiger partial charge in [0.15, 0.2) is 0 Å². The van der Waals surface area contributed by atoms with Crippen molar-refractivity contribution in [3.63, 3.8) is 0 Å². The summed E-state index contributed by atoms with van der Waals surface area (Å²) in [4.78, 5) is 7.99. The molecule has 0 atom stereocenters. The Balaban J connectivity index is 2.44. The fourth-order valence-electron chi connectivity index (χ4n) is 2.47. The number of aromatic amines is 1. The number of aryl methyl sites for hydroxylation is 1. The Bertz CT molecular complexity index is 540. The standard InChI is InChI=1S/C15H20N2/c1-6-13-11(4)15(17-12(13)5)8-14-9(2)7-10(3)16-14/h7-8,17H,6H2,1-5H3. The van der Waals surface area contributed by atoms with Crippen molar-refractivity contribution in [3.8, 4) is 0 Å². The molecule has 1 aromatic heterocycles. The van der Waals surface area contributed by atoms with Crippen molar-refractivity contribution in [2.75, 3.05) is 0 Å².